The Kier molecular flexibility index (Phi) is 11.9. The maximum atomic E-state index is 12.8. The van der Waals surface area contributed by atoms with Crippen LogP contribution in [0.4, 0.5) is 0 Å². The molecule has 0 saturated carbocycles. The van der Waals surface area contributed by atoms with Crippen molar-refractivity contribution in [1.29, 1.82) is 0 Å². The molecular formula is C36H38N2O6. The third-order valence-electron chi connectivity index (χ3n) is 7.00. The van der Waals surface area contributed by atoms with E-state index >= 15 is 0 Å². The summed E-state index contributed by atoms with van der Waals surface area (Å²) in [5.74, 6) is -0.190. The number of carbonyl (C=O) groups is 3. The Balaban J connectivity index is 1.39. The first-order valence-corrected chi connectivity index (χ1v) is 14.6. The molecule has 0 aliphatic heterocycles. The maximum absolute atomic E-state index is 12.8. The van der Waals surface area contributed by atoms with Gasteiger partial charge in [0, 0.05) is 19.3 Å². The minimum Gasteiger partial charge on any atom is -0.485 e. The lowest BCUT2D eigenvalue weighted by atomic mass is 10.0. The predicted octanol–water partition coefficient (Wildman–Crippen LogP) is 5.70. The summed E-state index contributed by atoms with van der Waals surface area (Å²) in [5, 5.41) is 5.63. The number of nitrogens with one attached hydrogen (secondary N) is 2. The maximum Gasteiger partial charge on any atom is 0.328 e. The Morgan fingerprint density at radius 3 is 1.73 bits per heavy atom. The Bertz CT molecular complexity index is 1500. The molecule has 0 aromatic heterocycles. The van der Waals surface area contributed by atoms with Gasteiger partial charge in [-0.25, -0.2) is 4.79 Å². The van der Waals surface area contributed by atoms with Gasteiger partial charge in [-0.3, -0.25) is 9.59 Å². The van der Waals surface area contributed by atoms with Crippen LogP contribution in [0.3, 0.4) is 0 Å². The SMILES string of the molecule is COC(=O)[C@H](Cc1ccc(OCc2ccccc2)c(OCc2ccccc2)c1)NC(=O)CCC(=O)N[C@H](C)c1ccccc1. The summed E-state index contributed by atoms with van der Waals surface area (Å²) < 4.78 is 17.2. The van der Waals surface area contributed by atoms with Gasteiger partial charge in [0.2, 0.25) is 11.8 Å². The van der Waals surface area contributed by atoms with Crippen LogP contribution in [0, 0.1) is 0 Å². The molecule has 8 heteroatoms. The summed E-state index contributed by atoms with van der Waals surface area (Å²) >= 11 is 0. The molecule has 0 spiro atoms. The second kappa shape index (κ2) is 16.5. The van der Waals surface area contributed by atoms with E-state index in [1.165, 1.54) is 7.11 Å². The minimum atomic E-state index is -0.947. The molecule has 8 nitrogen and oxygen atoms in total. The molecule has 0 aliphatic rings. The molecule has 4 aromatic carbocycles. The van der Waals surface area contributed by atoms with Crippen LogP contribution < -0.4 is 20.1 Å². The van der Waals surface area contributed by atoms with Crippen LogP contribution in [-0.2, 0) is 38.8 Å². The van der Waals surface area contributed by atoms with Crippen molar-refractivity contribution < 1.29 is 28.6 Å². The number of hydrogen-bond acceptors (Lipinski definition) is 6. The van der Waals surface area contributed by atoms with Crippen molar-refractivity contribution in [3.63, 3.8) is 0 Å². The van der Waals surface area contributed by atoms with Gasteiger partial charge in [0.1, 0.15) is 19.3 Å². The molecule has 4 rings (SSSR count). The van der Waals surface area contributed by atoms with E-state index in [4.69, 9.17) is 14.2 Å². The minimum absolute atomic E-state index is 0.0121. The largest absolute Gasteiger partial charge is 0.485 e. The van der Waals surface area contributed by atoms with Crippen molar-refractivity contribution in [1.82, 2.24) is 10.6 Å². The fourth-order valence-electron chi connectivity index (χ4n) is 4.59. The molecule has 0 fully saturated rings. The molecule has 0 heterocycles. The van der Waals surface area contributed by atoms with Crippen LogP contribution in [0.25, 0.3) is 0 Å². The average molecular weight is 595 g/mol. The molecule has 2 amide bonds. The van der Waals surface area contributed by atoms with Gasteiger partial charge in [0.25, 0.3) is 0 Å². The van der Waals surface area contributed by atoms with Crippen LogP contribution in [0.5, 0.6) is 11.5 Å². The zero-order valence-electron chi connectivity index (χ0n) is 25.0. The Morgan fingerprint density at radius 2 is 1.16 bits per heavy atom. The van der Waals surface area contributed by atoms with Gasteiger partial charge < -0.3 is 24.8 Å². The molecule has 2 atom stereocenters. The number of carbonyl (C=O) groups excluding carboxylic acids is 3. The first-order valence-electron chi connectivity index (χ1n) is 14.6. The standard InChI is InChI=1S/C36H38N2O6/c1-26(30-16-10-5-11-17-30)37-34(39)20-21-35(40)38-31(36(41)42-2)22-29-18-19-32(43-24-27-12-6-3-7-13-27)33(23-29)44-25-28-14-8-4-9-15-28/h3-19,23,26,31H,20-22,24-25H2,1-2H3,(H,37,39)(H,38,40)/t26-,31+/m1/s1. The summed E-state index contributed by atoms with van der Waals surface area (Å²) in [4.78, 5) is 37.9. The molecule has 0 saturated heterocycles. The summed E-state index contributed by atoms with van der Waals surface area (Å²) in [6.07, 6.45) is 0.0800. The van der Waals surface area contributed by atoms with Crippen molar-refractivity contribution >= 4 is 17.8 Å². The van der Waals surface area contributed by atoms with E-state index in [2.05, 4.69) is 10.6 Å². The van der Waals surface area contributed by atoms with E-state index in [9.17, 15) is 14.4 Å². The lowest BCUT2D eigenvalue weighted by Gasteiger charge is -2.19. The highest BCUT2D eigenvalue weighted by molar-refractivity contribution is 5.87. The van der Waals surface area contributed by atoms with Gasteiger partial charge >= 0.3 is 5.97 Å². The van der Waals surface area contributed by atoms with Gasteiger partial charge in [0.05, 0.1) is 13.2 Å². The van der Waals surface area contributed by atoms with E-state index < -0.39 is 17.9 Å². The number of ether oxygens (including phenoxy) is 3. The molecular weight excluding hydrogens is 556 g/mol. The summed E-state index contributed by atoms with van der Waals surface area (Å²) in [6, 6.07) is 33.5. The lowest BCUT2D eigenvalue weighted by molar-refractivity contribution is -0.145. The third-order valence-corrected chi connectivity index (χ3v) is 7.00. The highest BCUT2D eigenvalue weighted by Gasteiger charge is 2.23. The fourth-order valence-corrected chi connectivity index (χ4v) is 4.59. The zero-order valence-corrected chi connectivity index (χ0v) is 25.0. The van der Waals surface area contributed by atoms with Gasteiger partial charge in [-0.05, 0) is 41.3 Å². The van der Waals surface area contributed by atoms with E-state index in [1.807, 2.05) is 110 Å². The quantitative estimate of drug-likeness (QED) is 0.171. The molecule has 0 bridgehead atoms. The smallest absolute Gasteiger partial charge is 0.328 e. The second-order valence-corrected chi connectivity index (χ2v) is 10.4. The first kappa shape index (κ1) is 31.8. The third kappa shape index (κ3) is 10.0. The van der Waals surface area contributed by atoms with Crippen molar-refractivity contribution in [3.05, 3.63) is 131 Å². The summed E-state index contributed by atoms with van der Waals surface area (Å²) in [5.41, 5.74) is 3.72. The molecule has 44 heavy (non-hydrogen) atoms. The Labute approximate surface area is 258 Å². The normalized spacial score (nSPS) is 12.0. The monoisotopic (exact) mass is 594 g/mol. The van der Waals surface area contributed by atoms with Crippen molar-refractivity contribution in [2.24, 2.45) is 0 Å². The zero-order chi connectivity index (χ0) is 31.1. The number of esters is 1. The predicted molar refractivity (Wildman–Crippen MR) is 168 cm³/mol. The van der Waals surface area contributed by atoms with Gasteiger partial charge in [-0.1, -0.05) is 97.1 Å². The van der Waals surface area contributed by atoms with Crippen molar-refractivity contribution in [2.75, 3.05) is 7.11 Å². The van der Waals surface area contributed by atoms with Crippen LogP contribution in [0.2, 0.25) is 0 Å². The van der Waals surface area contributed by atoms with E-state index in [0.717, 1.165) is 22.3 Å². The van der Waals surface area contributed by atoms with E-state index in [0.29, 0.717) is 24.7 Å². The summed E-state index contributed by atoms with van der Waals surface area (Å²) in [7, 11) is 1.27. The number of rotatable bonds is 15. The van der Waals surface area contributed by atoms with Crippen LogP contribution in [-0.4, -0.2) is 30.9 Å². The van der Waals surface area contributed by atoms with Crippen molar-refractivity contribution in [2.45, 2.75) is 51.5 Å². The molecule has 0 unspecified atom stereocenters. The van der Waals surface area contributed by atoms with Crippen LogP contribution in [0.15, 0.2) is 109 Å². The highest BCUT2D eigenvalue weighted by atomic mass is 16.5. The van der Waals surface area contributed by atoms with Gasteiger partial charge in [-0.15, -0.1) is 0 Å². The van der Waals surface area contributed by atoms with Crippen LogP contribution >= 0.6 is 0 Å². The topological polar surface area (TPSA) is 103 Å². The van der Waals surface area contributed by atoms with Crippen LogP contribution in [0.1, 0.15) is 48.1 Å². The first-order chi connectivity index (χ1) is 21.4. The molecule has 0 radical (unpaired) electrons. The second-order valence-electron chi connectivity index (χ2n) is 10.4. The number of amides is 2. The highest BCUT2D eigenvalue weighted by Crippen LogP contribution is 2.31. The average Bonchev–Trinajstić information content (AvgIpc) is 3.06. The van der Waals surface area contributed by atoms with Crippen molar-refractivity contribution in [3.8, 4) is 11.5 Å². The van der Waals surface area contributed by atoms with E-state index in [-0.39, 0.29) is 31.2 Å². The summed E-state index contributed by atoms with van der Waals surface area (Å²) in [6.45, 7) is 2.57. The van der Waals surface area contributed by atoms with Gasteiger partial charge in [-0.2, -0.15) is 0 Å². The molecule has 0 aliphatic carbocycles. The Hall–Kier alpha value is -5.11. The van der Waals surface area contributed by atoms with Gasteiger partial charge in [0.15, 0.2) is 11.5 Å². The molecule has 4 aromatic rings. The number of methoxy groups -OCH3 is 1. The lowest BCUT2D eigenvalue weighted by Crippen LogP contribution is -2.43. The molecule has 228 valence electrons. The number of benzene rings is 4. The van der Waals surface area contributed by atoms with E-state index in [1.54, 1.807) is 6.07 Å². The number of hydrogen-bond donors (Lipinski definition) is 2. The molecule has 2 N–H and O–H groups in total. The fraction of sp³-hybridized carbons (Fsp3) is 0.250. The Morgan fingerprint density at radius 1 is 0.636 bits per heavy atom.